The van der Waals surface area contributed by atoms with E-state index in [9.17, 15) is 9.18 Å². The molecule has 0 radical (unpaired) electrons. The predicted octanol–water partition coefficient (Wildman–Crippen LogP) is 3.24. The molecule has 2 aromatic rings. The van der Waals surface area contributed by atoms with Crippen molar-refractivity contribution in [3.8, 4) is 0 Å². The van der Waals surface area contributed by atoms with E-state index in [2.05, 4.69) is 0 Å². The smallest absolute Gasteiger partial charge is 0.228 e. The maximum absolute atomic E-state index is 12.8. The van der Waals surface area contributed by atoms with Crippen molar-refractivity contribution < 1.29 is 8.81 Å². The van der Waals surface area contributed by atoms with Gasteiger partial charge in [-0.2, -0.15) is 4.39 Å². The highest BCUT2D eigenvalue weighted by molar-refractivity contribution is 6.38. The number of fused-ring (bicyclic) bond motifs is 1. The lowest BCUT2D eigenvalue weighted by Crippen LogP contribution is -2.05. The summed E-state index contributed by atoms with van der Waals surface area (Å²) in [6.07, 6.45) is 0.727. The summed E-state index contributed by atoms with van der Waals surface area (Å²) in [6.45, 7) is 0. The summed E-state index contributed by atoms with van der Waals surface area (Å²) < 4.78 is 17.7. The van der Waals surface area contributed by atoms with Gasteiger partial charge >= 0.3 is 0 Å². The van der Waals surface area contributed by atoms with Crippen LogP contribution < -0.4 is 5.43 Å². The average Bonchev–Trinajstić information content (AvgIpc) is 2.12. The number of benzene rings is 1. The first-order chi connectivity index (χ1) is 6.59. The van der Waals surface area contributed by atoms with Gasteiger partial charge in [-0.15, -0.1) is 0 Å². The van der Waals surface area contributed by atoms with Crippen molar-refractivity contribution in [3.63, 3.8) is 0 Å². The van der Waals surface area contributed by atoms with E-state index in [0.29, 0.717) is 0 Å². The summed E-state index contributed by atoms with van der Waals surface area (Å²) >= 11 is 11.4. The lowest BCUT2D eigenvalue weighted by Gasteiger charge is -1.99. The zero-order chi connectivity index (χ0) is 10.3. The second-order valence-electron chi connectivity index (χ2n) is 2.68. The Labute approximate surface area is 87.9 Å². The quantitative estimate of drug-likeness (QED) is 0.699. The van der Waals surface area contributed by atoms with Crippen molar-refractivity contribution >= 4 is 34.2 Å². The molecule has 0 aliphatic rings. The van der Waals surface area contributed by atoms with Crippen LogP contribution >= 0.6 is 23.2 Å². The van der Waals surface area contributed by atoms with Crippen LogP contribution in [-0.2, 0) is 0 Å². The molecule has 2 nitrogen and oxygen atoms in total. The molecule has 0 bridgehead atoms. The normalized spacial score (nSPS) is 10.8. The van der Waals surface area contributed by atoms with Crippen LogP contribution in [0.15, 0.2) is 27.6 Å². The molecule has 0 atom stereocenters. The monoisotopic (exact) mass is 232 g/mol. The fourth-order valence-electron chi connectivity index (χ4n) is 1.14. The zero-order valence-electron chi connectivity index (χ0n) is 6.68. The number of rotatable bonds is 0. The van der Waals surface area contributed by atoms with Crippen molar-refractivity contribution in [1.29, 1.82) is 0 Å². The van der Waals surface area contributed by atoms with Crippen molar-refractivity contribution in [3.05, 3.63) is 44.5 Å². The first-order valence-corrected chi connectivity index (χ1v) is 4.41. The molecule has 1 heterocycles. The van der Waals surface area contributed by atoms with Gasteiger partial charge in [0.15, 0.2) is 5.58 Å². The molecule has 0 fully saturated rings. The molecule has 0 spiro atoms. The van der Waals surface area contributed by atoms with Gasteiger partial charge in [0.05, 0.1) is 10.4 Å². The molecular formula is C9H3Cl2FO2. The SMILES string of the molecule is O=c1c(F)coc2c(Cl)cc(Cl)cc12. The molecule has 0 N–H and O–H groups in total. The van der Waals surface area contributed by atoms with Crippen LogP contribution in [0.1, 0.15) is 0 Å². The van der Waals surface area contributed by atoms with E-state index in [0.717, 1.165) is 6.26 Å². The van der Waals surface area contributed by atoms with Crippen LogP contribution in [0.2, 0.25) is 10.0 Å². The van der Waals surface area contributed by atoms with E-state index < -0.39 is 11.2 Å². The van der Waals surface area contributed by atoms with E-state index in [1.807, 2.05) is 0 Å². The minimum absolute atomic E-state index is 0.0440. The highest BCUT2D eigenvalue weighted by Crippen LogP contribution is 2.25. The van der Waals surface area contributed by atoms with Crippen LogP contribution in [0.5, 0.6) is 0 Å². The molecule has 1 aromatic carbocycles. The Morgan fingerprint density at radius 2 is 2.00 bits per heavy atom. The van der Waals surface area contributed by atoms with Crippen molar-refractivity contribution in [1.82, 2.24) is 0 Å². The van der Waals surface area contributed by atoms with E-state index in [1.54, 1.807) is 0 Å². The van der Waals surface area contributed by atoms with E-state index in [-0.39, 0.29) is 21.0 Å². The molecule has 0 aliphatic carbocycles. The third-order valence-corrected chi connectivity index (χ3v) is 2.25. The molecular weight excluding hydrogens is 230 g/mol. The fourth-order valence-corrected chi connectivity index (χ4v) is 1.68. The number of hydrogen-bond donors (Lipinski definition) is 0. The maximum Gasteiger partial charge on any atom is 0.228 e. The standard InChI is InChI=1S/C9H3Cl2FO2/c10-4-1-5-8(13)7(12)3-14-9(5)6(11)2-4/h1-3H. The number of halogens is 3. The molecule has 1 aromatic heterocycles. The van der Waals surface area contributed by atoms with Crippen molar-refractivity contribution in [2.75, 3.05) is 0 Å². The molecule has 0 unspecified atom stereocenters. The third-order valence-electron chi connectivity index (χ3n) is 1.75. The highest BCUT2D eigenvalue weighted by Gasteiger charge is 2.10. The number of hydrogen-bond acceptors (Lipinski definition) is 2. The van der Waals surface area contributed by atoms with Gasteiger partial charge in [0.2, 0.25) is 11.2 Å². The molecule has 72 valence electrons. The summed E-state index contributed by atoms with van der Waals surface area (Å²) in [6, 6.07) is 2.74. The maximum atomic E-state index is 12.8. The van der Waals surface area contributed by atoms with E-state index in [1.165, 1.54) is 12.1 Å². The minimum atomic E-state index is -0.962. The first kappa shape index (κ1) is 9.49. The lowest BCUT2D eigenvalue weighted by atomic mass is 10.2. The van der Waals surface area contributed by atoms with Gasteiger partial charge in [0, 0.05) is 5.02 Å². The second kappa shape index (κ2) is 3.26. The Morgan fingerprint density at radius 3 is 2.71 bits per heavy atom. The molecule has 0 saturated heterocycles. The van der Waals surface area contributed by atoms with Gasteiger partial charge in [-0.25, -0.2) is 0 Å². The van der Waals surface area contributed by atoms with Crippen LogP contribution in [0, 0.1) is 5.82 Å². The van der Waals surface area contributed by atoms with Crippen LogP contribution in [-0.4, -0.2) is 0 Å². The van der Waals surface area contributed by atoms with Gasteiger partial charge in [0.1, 0.15) is 6.26 Å². The van der Waals surface area contributed by atoms with Crippen LogP contribution in [0.4, 0.5) is 4.39 Å². The molecule has 5 heteroatoms. The highest BCUT2D eigenvalue weighted by atomic mass is 35.5. The first-order valence-electron chi connectivity index (χ1n) is 3.65. The zero-order valence-corrected chi connectivity index (χ0v) is 8.19. The van der Waals surface area contributed by atoms with Gasteiger partial charge in [-0.3, -0.25) is 4.79 Å². The van der Waals surface area contributed by atoms with Gasteiger partial charge in [-0.05, 0) is 12.1 Å². The topological polar surface area (TPSA) is 30.2 Å². The van der Waals surface area contributed by atoms with Gasteiger partial charge in [0.25, 0.3) is 0 Å². The molecule has 14 heavy (non-hydrogen) atoms. The molecule has 0 saturated carbocycles. The fraction of sp³-hybridized carbons (Fsp3) is 0. The molecule has 2 rings (SSSR count). The Balaban J connectivity index is 3.03. The summed E-state index contributed by atoms with van der Waals surface area (Å²) in [5, 5.41) is 0.493. The summed E-state index contributed by atoms with van der Waals surface area (Å²) in [5.74, 6) is -0.962. The van der Waals surface area contributed by atoms with E-state index >= 15 is 0 Å². The van der Waals surface area contributed by atoms with Crippen molar-refractivity contribution in [2.24, 2.45) is 0 Å². The molecule has 0 amide bonds. The average molecular weight is 233 g/mol. The Morgan fingerprint density at radius 1 is 1.29 bits per heavy atom. The Hall–Kier alpha value is -1.06. The Bertz CT molecular complexity index is 562. The minimum Gasteiger partial charge on any atom is -0.459 e. The Kier molecular flexibility index (Phi) is 2.21. The van der Waals surface area contributed by atoms with Gasteiger partial charge < -0.3 is 4.42 Å². The third kappa shape index (κ3) is 1.38. The van der Waals surface area contributed by atoms with Crippen LogP contribution in [0.3, 0.4) is 0 Å². The summed E-state index contributed by atoms with van der Waals surface area (Å²) in [4.78, 5) is 11.3. The predicted molar refractivity (Wildman–Crippen MR) is 52.5 cm³/mol. The van der Waals surface area contributed by atoms with E-state index in [4.69, 9.17) is 27.6 Å². The molecule has 0 aliphatic heterocycles. The van der Waals surface area contributed by atoms with Crippen LogP contribution in [0.25, 0.3) is 11.0 Å². The second-order valence-corrected chi connectivity index (χ2v) is 3.52. The lowest BCUT2D eigenvalue weighted by molar-refractivity contribution is 0.520. The largest absolute Gasteiger partial charge is 0.459 e. The van der Waals surface area contributed by atoms with Gasteiger partial charge in [-0.1, -0.05) is 23.2 Å². The summed E-state index contributed by atoms with van der Waals surface area (Å²) in [5.41, 5.74) is -0.627. The van der Waals surface area contributed by atoms with Crippen molar-refractivity contribution in [2.45, 2.75) is 0 Å². The summed E-state index contributed by atoms with van der Waals surface area (Å²) in [7, 11) is 0.